The number of carbonyl (C=O) groups is 1. The molecule has 1 N–H and O–H groups in total. The summed E-state index contributed by atoms with van der Waals surface area (Å²) < 4.78 is 72.7. The third-order valence-corrected chi connectivity index (χ3v) is 4.58. The summed E-state index contributed by atoms with van der Waals surface area (Å²) in [5, 5.41) is 9.81. The van der Waals surface area contributed by atoms with Crippen LogP contribution in [-0.4, -0.2) is 47.1 Å². The average Bonchev–Trinajstić information content (AvgIpc) is 2.98. The summed E-state index contributed by atoms with van der Waals surface area (Å²) in [6, 6.07) is -0.634. The zero-order valence-corrected chi connectivity index (χ0v) is 16.2. The van der Waals surface area contributed by atoms with Crippen LogP contribution in [0.2, 0.25) is 0 Å². The van der Waals surface area contributed by atoms with Crippen LogP contribution in [0.5, 0.6) is 0 Å². The van der Waals surface area contributed by atoms with Gasteiger partial charge in [-0.3, -0.25) is 4.74 Å². The molecular formula is C17H23F4N3O5. The van der Waals surface area contributed by atoms with E-state index in [0.29, 0.717) is 6.42 Å². The van der Waals surface area contributed by atoms with Gasteiger partial charge in [0, 0.05) is 6.42 Å². The highest BCUT2D eigenvalue weighted by atomic mass is 19.4. The first-order chi connectivity index (χ1) is 13.4. The highest BCUT2D eigenvalue weighted by Gasteiger charge is 2.53. The van der Waals surface area contributed by atoms with Crippen molar-refractivity contribution in [1.82, 2.24) is 15.5 Å². The lowest BCUT2D eigenvalue weighted by Gasteiger charge is -2.38. The monoisotopic (exact) mass is 425 g/mol. The molecular weight excluding hydrogens is 402 g/mol. The summed E-state index contributed by atoms with van der Waals surface area (Å²) in [6.45, 7) is 5.04. The molecule has 1 aliphatic carbocycles. The number of carbonyl (C=O) groups excluding carboxylic acids is 1. The number of amides is 1. The van der Waals surface area contributed by atoms with Gasteiger partial charge in [0.1, 0.15) is 11.8 Å². The number of rotatable bonds is 4. The van der Waals surface area contributed by atoms with Crippen LogP contribution in [0, 0.1) is 0 Å². The average molecular weight is 425 g/mol. The van der Waals surface area contributed by atoms with Gasteiger partial charge in [0.05, 0.1) is 12.6 Å². The lowest BCUT2D eigenvalue weighted by molar-refractivity contribution is -0.387. The van der Waals surface area contributed by atoms with Crippen LogP contribution in [0.15, 0.2) is 4.42 Å². The number of hydrogen-bond donors (Lipinski definition) is 1. The van der Waals surface area contributed by atoms with E-state index in [1.807, 2.05) is 0 Å². The van der Waals surface area contributed by atoms with Crippen LogP contribution < -0.4 is 5.32 Å². The summed E-state index contributed by atoms with van der Waals surface area (Å²) >= 11 is 0. The first kappa shape index (κ1) is 21.8. The number of aromatic nitrogens is 2. The molecule has 0 radical (unpaired) electrons. The minimum atomic E-state index is -4.86. The highest BCUT2D eigenvalue weighted by molar-refractivity contribution is 5.68. The minimum absolute atomic E-state index is 0.0494. The predicted octanol–water partition coefficient (Wildman–Crippen LogP) is 3.68. The molecule has 0 bridgehead atoms. The summed E-state index contributed by atoms with van der Waals surface area (Å²) in [5.74, 6) is -0.610. The van der Waals surface area contributed by atoms with Gasteiger partial charge in [-0.1, -0.05) is 0 Å². The van der Waals surface area contributed by atoms with Crippen LogP contribution >= 0.6 is 0 Å². The van der Waals surface area contributed by atoms with Crippen molar-refractivity contribution >= 4 is 6.09 Å². The number of nitrogens with one attached hydrogen (secondary N) is 1. The fraction of sp³-hybridized carbons (Fsp3) is 0.824. The fourth-order valence-electron chi connectivity index (χ4n) is 3.20. The van der Waals surface area contributed by atoms with Crippen LogP contribution in [-0.2, 0) is 19.8 Å². The topological polar surface area (TPSA) is 95.7 Å². The Hall–Kier alpha value is -1.95. The van der Waals surface area contributed by atoms with Gasteiger partial charge < -0.3 is 19.2 Å². The fourth-order valence-corrected chi connectivity index (χ4v) is 3.20. The van der Waals surface area contributed by atoms with E-state index in [4.69, 9.17) is 13.9 Å². The Kier molecular flexibility index (Phi) is 5.78. The Labute approximate surface area is 164 Å². The van der Waals surface area contributed by atoms with Gasteiger partial charge in [-0.2, -0.15) is 0 Å². The van der Waals surface area contributed by atoms with E-state index in [0.717, 1.165) is 0 Å². The van der Waals surface area contributed by atoms with Crippen molar-refractivity contribution in [3.63, 3.8) is 0 Å². The Bertz CT molecular complexity index is 729. The molecule has 0 aromatic carbocycles. The molecule has 29 heavy (non-hydrogen) atoms. The van der Waals surface area contributed by atoms with Crippen LogP contribution in [0.1, 0.15) is 64.3 Å². The van der Waals surface area contributed by atoms with E-state index in [1.54, 1.807) is 20.8 Å². The first-order valence-corrected chi connectivity index (χ1v) is 9.23. The van der Waals surface area contributed by atoms with E-state index < -0.39 is 42.0 Å². The van der Waals surface area contributed by atoms with E-state index in [9.17, 15) is 22.4 Å². The SMILES string of the molecule is CC(C)(C)OC(=O)N[C@H]1CO[C@H](c2nnc(C3(OC(F)(F)F)CCC3)o2)[C@@H](F)C1. The number of alkyl carbamates (subject to hydrolysis) is 1. The van der Waals surface area contributed by atoms with E-state index in [-0.39, 0.29) is 37.7 Å². The summed E-state index contributed by atoms with van der Waals surface area (Å²) in [4.78, 5) is 11.8. The Morgan fingerprint density at radius 1 is 1.24 bits per heavy atom. The van der Waals surface area contributed by atoms with Crippen molar-refractivity contribution in [2.75, 3.05) is 6.61 Å². The molecule has 1 amide bonds. The maximum absolute atomic E-state index is 14.6. The molecule has 2 aliphatic rings. The van der Waals surface area contributed by atoms with Crippen molar-refractivity contribution in [2.45, 2.75) is 82.3 Å². The highest BCUT2D eigenvalue weighted by Crippen LogP contribution is 2.48. The van der Waals surface area contributed by atoms with E-state index >= 15 is 0 Å². The molecule has 1 aliphatic heterocycles. The molecule has 0 spiro atoms. The lowest BCUT2D eigenvalue weighted by Crippen LogP contribution is -2.46. The number of nitrogens with zero attached hydrogens (tertiary/aromatic N) is 2. The van der Waals surface area contributed by atoms with Gasteiger partial charge in [-0.05, 0) is 40.0 Å². The maximum Gasteiger partial charge on any atom is 0.523 e. The van der Waals surface area contributed by atoms with Crippen molar-refractivity contribution in [1.29, 1.82) is 0 Å². The number of alkyl halides is 4. The molecule has 3 atom stereocenters. The van der Waals surface area contributed by atoms with Crippen LogP contribution in [0.4, 0.5) is 22.4 Å². The first-order valence-electron chi connectivity index (χ1n) is 9.23. The number of ether oxygens (including phenoxy) is 3. The Morgan fingerprint density at radius 3 is 2.45 bits per heavy atom. The molecule has 8 nitrogen and oxygen atoms in total. The van der Waals surface area contributed by atoms with Gasteiger partial charge in [-0.15, -0.1) is 23.4 Å². The molecule has 1 aromatic rings. The second-order valence-electron chi connectivity index (χ2n) is 8.19. The smallest absolute Gasteiger partial charge is 0.444 e. The largest absolute Gasteiger partial charge is 0.523 e. The van der Waals surface area contributed by atoms with Crippen LogP contribution in [0.25, 0.3) is 0 Å². The second-order valence-corrected chi connectivity index (χ2v) is 8.19. The quantitative estimate of drug-likeness (QED) is 0.736. The minimum Gasteiger partial charge on any atom is -0.444 e. The standard InChI is InChI=1S/C17H23F4N3O5/c1-15(2,3)28-14(25)22-9-7-10(18)11(26-8-9)12-23-24-13(27-12)16(5-4-6-16)29-17(19,20)21/h9-11H,4-8H2,1-3H3,(H,22,25)/t9-,10+,11+/m1/s1. The maximum atomic E-state index is 14.6. The molecule has 1 aromatic heterocycles. The Balaban J connectivity index is 1.61. The number of hydrogen-bond acceptors (Lipinski definition) is 7. The molecule has 3 rings (SSSR count). The molecule has 2 fully saturated rings. The normalized spacial score (nSPS) is 27.2. The molecule has 1 saturated carbocycles. The van der Waals surface area contributed by atoms with Gasteiger partial charge in [0.15, 0.2) is 11.7 Å². The zero-order valence-electron chi connectivity index (χ0n) is 16.2. The molecule has 0 unspecified atom stereocenters. The van der Waals surface area contributed by atoms with Crippen molar-refractivity contribution < 1.29 is 41.0 Å². The third kappa shape index (κ3) is 5.35. The van der Waals surface area contributed by atoms with E-state index in [2.05, 4.69) is 20.3 Å². The van der Waals surface area contributed by atoms with Crippen molar-refractivity contribution in [3.05, 3.63) is 11.8 Å². The predicted molar refractivity (Wildman–Crippen MR) is 88.3 cm³/mol. The molecule has 1 saturated heterocycles. The van der Waals surface area contributed by atoms with Crippen LogP contribution in [0.3, 0.4) is 0 Å². The molecule has 12 heteroatoms. The summed E-state index contributed by atoms with van der Waals surface area (Å²) in [5.41, 5.74) is -2.43. The van der Waals surface area contributed by atoms with E-state index in [1.165, 1.54) is 0 Å². The molecule has 2 heterocycles. The lowest BCUT2D eigenvalue weighted by atomic mass is 9.80. The van der Waals surface area contributed by atoms with Gasteiger partial charge >= 0.3 is 12.5 Å². The van der Waals surface area contributed by atoms with Crippen molar-refractivity contribution in [3.8, 4) is 0 Å². The van der Waals surface area contributed by atoms with Gasteiger partial charge in [-0.25, -0.2) is 9.18 Å². The Morgan fingerprint density at radius 2 is 1.93 bits per heavy atom. The van der Waals surface area contributed by atoms with Crippen molar-refractivity contribution in [2.24, 2.45) is 0 Å². The molecule has 164 valence electrons. The summed E-state index contributed by atoms with van der Waals surface area (Å²) in [7, 11) is 0. The van der Waals surface area contributed by atoms with Gasteiger partial charge in [0.2, 0.25) is 11.8 Å². The zero-order chi connectivity index (χ0) is 21.4. The second kappa shape index (κ2) is 7.71. The number of halogens is 4. The third-order valence-electron chi connectivity index (χ3n) is 4.58. The summed E-state index contributed by atoms with van der Waals surface area (Å²) in [6.07, 6.45) is -7.87. The van der Waals surface area contributed by atoms with Gasteiger partial charge in [0.25, 0.3) is 0 Å².